The molecular weight excluding hydrogens is 1790 g/mol. The molecule has 10 heterocycles. The van der Waals surface area contributed by atoms with Gasteiger partial charge >= 0.3 is 0 Å². The smallest absolute Gasteiger partial charge is 0.295 e. The van der Waals surface area contributed by atoms with E-state index in [4.69, 9.17) is 68.7 Å². The van der Waals surface area contributed by atoms with Crippen molar-refractivity contribution < 1.29 is 41.7 Å². The van der Waals surface area contributed by atoms with Crippen molar-refractivity contribution in [2.45, 2.75) is 150 Å². The van der Waals surface area contributed by atoms with E-state index in [2.05, 4.69) is 69.6 Å². The van der Waals surface area contributed by atoms with Crippen LogP contribution in [-0.2, 0) is 24.4 Å². The number of piperidine rings is 2. The number of allylic oxidation sites excluding steroid dienone is 1. The summed E-state index contributed by atoms with van der Waals surface area (Å²) in [6, 6.07) is 69.6. The number of amides is 3. The highest BCUT2D eigenvalue weighted by molar-refractivity contribution is 7.92. The fourth-order valence-corrected chi connectivity index (χ4v) is 18.5. The number of terminal acetylenes is 1. The van der Waals surface area contributed by atoms with Crippen molar-refractivity contribution in [3.63, 3.8) is 0 Å². The zero-order chi connectivity index (χ0) is 94.2. The Morgan fingerprint density at radius 3 is 0.986 bits per heavy atom. The second-order valence-electron chi connectivity index (χ2n) is 33.0. The van der Waals surface area contributed by atoms with E-state index in [9.17, 15) is 22.8 Å². The molecule has 2 saturated heterocycles. The van der Waals surface area contributed by atoms with Crippen molar-refractivity contribution in [2.75, 3.05) is 49.1 Å². The molecule has 2 saturated carbocycles. The lowest BCUT2D eigenvalue weighted by atomic mass is 9.91. The van der Waals surface area contributed by atoms with E-state index >= 15 is 0 Å². The number of rotatable bonds is 22. The SMILES string of the molecule is C.C.C.C.C#CC(=O)NC1CCC(n2nc(-c3ccc(Oc4ccccc4)cc3)c3c(N)ncnc32)CC1.C/C=C/C(=O)N1CCCC(n2nc(-c3ccc(Oc4ccccc4)cc3)c3c(N)ncnc32)C1.C=CC(=O)NC1CCC(n2nc(-c3ccc(Oc4ccccc4)cc3)c3c(N)ncnc32)CC1.C=CS(=O)(=O)N1CCCC(n2nc(-c3ccc(Oc4ccccc4)cc3)c3c(N)ncnc32)C1. The van der Waals surface area contributed by atoms with Crippen LogP contribution in [0.4, 0.5) is 23.3 Å². The largest absolute Gasteiger partial charge is 0.457 e. The van der Waals surface area contributed by atoms with Crippen LogP contribution in [0.15, 0.2) is 280 Å². The van der Waals surface area contributed by atoms with Gasteiger partial charge in [-0.1, -0.05) is 122 Å². The van der Waals surface area contributed by atoms with Crippen molar-refractivity contribution in [2.24, 2.45) is 0 Å². The quantitative estimate of drug-likeness (QED) is 0.0271. The van der Waals surface area contributed by atoms with Crippen LogP contribution in [0, 0.1) is 12.3 Å². The summed E-state index contributed by atoms with van der Waals surface area (Å²) >= 11 is 0. The lowest BCUT2D eigenvalue weighted by Gasteiger charge is -2.32. The minimum atomic E-state index is -3.51. The second kappa shape index (κ2) is 46.3. The first-order valence-electron chi connectivity index (χ1n) is 44.9. The van der Waals surface area contributed by atoms with E-state index in [-0.39, 0.29) is 83.7 Å². The van der Waals surface area contributed by atoms with Gasteiger partial charge in [-0.15, -0.1) is 6.42 Å². The van der Waals surface area contributed by atoms with Crippen molar-refractivity contribution in [3.05, 3.63) is 280 Å². The fourth-order valence-electron chi connectivity index (χ4n) is 17.5. The van der Waals surface area contributed by atoms with E-state index in [1.165, 1.54) is 35.7 Å². The number of para-hydroxylation sites is 4. The summed E-state index contributed by atoms with van der Waals surface area (Å²) in [6.45, 7) is 10.9. The lowest BCUT2D eigenvalue weighted by Crippen LogP contribution is -2.40. The minimum absolute atomic E-state index is 0. The van der Waals surface area contributed by atoms with Gasteiger partial charge in [0.15, 0.2) is 22.6 Å². The highest BCUT2D eigenvalue weighted by Crippen LogP contribution is 2.43. The van der Waals surface area contributed by atoms with Gasteiger partial charge in [-0.2, -0.15) is 24.7 Å². The Morgan fingerprint density at radius 2 is 0.686 bits per heavy atom. The van der Waals surface area contributed by atoms with Crippen LogP contribution in [0.2, 0.25) is 0 Å². The number of anilines is 4. The first-order valence-corrected chi connectivity index (χ1v) is 46.4. The maximum absolute atomic E-state index is 12.4. The summed E-state index contributed by atoms with van der Waals surface area (Å²) in [5.41, 5.74) is 34.1. The molecule has 16 aromatic rings. The van der Waals surface area contributed by atoms with Crippen LogP contribution in [0.3, 0.4) is 0 Å². The topological polar surface area (TPSA) is 431 Å². The summed E-state index contributed by atoms with van der Waals surface area (Å²) in [5.74, 6) is 9.12. The highest BCUT2D eigenvalue weighted by Gasteiger charge is 2.35. The number of aromatic nitrogens is 16. The third-order valence-corrected chi connectivity index (χ3v) is 25.7. The lowest BCUT2D eigenvalue weighted by molar-refractivity contribution is -0.127. The number of nitrogens with two attached hydrogens (primary N) is 4. The maximum Gasteiger partial charge on any atom is 0.295 e. The fraction of sp³-hybridized carbons (Fsp3) is 0.255. The average Bonchev–Trinajstić information content (AvgIpc) is 1.38. The van der Waals surface area contributed by atoms with Crippen LogP contribution < -0.4 is 52.5 Å². The third-order valence-electron chi connectivity index (χ3n) is 24.2. The number of hydrogen-bond donors (Lipinski definition) is 6. The van der Waals surface area contributed by atoms with Gasteiger partial charge in [0, 0.05) is 65.9 Å². The summed E-state index contributed by atoms with van der Waals surface area (Å²) in [5, 5.41) is 29.4. The number of ether oxygens (including phenoxy) is 4. The first-order chi connectivity index (χ1) is 66.3. The van der Waals surface area contributed by atoms with E-state index in [1.807, 2.05) is 244 Å². The highest BCUT2D eigenvalue weighted by atomic mass is 32.2. The Hall–Kier alpha value is -16.5. The number of carbonyl (C=O) groups is 3. The molecule has 2 atom stereocenters. The molecule has 2 unspecified atom stereocenters. The molecule has 0 radical (unpaired) electrons. The standard InChI is InChI=1S/2C26H26N6O2.C26H24N6O2.C24H24N6O3S.4CH4/c1-2-7-22(33)31-15-6-8-19(16-31)32-26-23(25(27)28-17-29-26)24(30-32)18-11-13-21(14-12-18)34-20-9-4-3-5-10-20;2*1-2-22(33)30-18-10-12-19(13-11-18)32-26-23(25(27)28-16-29-26)24(31-32)17-8-14-21(15-9-17)34-20-6-4-3-5-7-20;1-2-34(31,32)29-14-6-7-18(15-29)30-24-21(23(25)26-16-27-24)22(28-30)17-10-12-20(13-11-17)33-19-8-4-3-5-9-19;;;;/h2-5,7,9-14,17,19H,6,8,15-16H2,1H3,(H2,27,28,29);2-9,14-16,18-19H,1,10-13H2,(H,30,33)(H2,27,28,29);1,3-9,14-16,18-19H,10-13H2,(H,30,33)(H2,27,28,29);2-5,8-13,16,18H,1,6-7,14-15H2,(H2,25,26,27);4*1H4/b7-2+;;;;;;;. The number of benzene rings is 8. The third kappa shape index (κ3) is 23.2. The molecule has 4 aliphatic rings. The molecule has 0 spiro atoms. The van der Waals surface area contributed by atoms with Gasteiger partial charge in [0.1, 0.15) is 117 Å². The predicted octanol–water partition coefficient (Wildman–Crippen LogP) is 19.9. The van der Waals surface area contributed by atoms with Crippen LogP contribution >= 0.6 is 0 Å². The molecule has 3 amide bonds. The Kier molecular flexibility index (Phi) is 33.4. The number of nitrogens with one attached hydrogen (secondary N) is 2. The van der Waals surface area contributed by atoms with Gasteiger partial charge in [-0.25, -0.2) is 67.0 Å². The molecule has 2 aliphatic carbocycles. The Balaban J connectivity index is 0.000000156. The van der Waals surface area contributed by atoms with Gasteiger partial charge in [0.2, 0.25) is 21.8 Å². The number of nitrogens with zero attached hydrogens (tertiary/aromatic N) is 18. The Bertz CT molecular complexity index is 7130. The number of likely N-dealkylation sites (tertiary alicyclic amines) is 1. The Morgan fingerprint density at radius 1 is 0.393 bits per heavy atom. The molecule has 4 fully saturated rings. The van der Waals surface area contributed by atoms with Crippen LogP contribution in [0.25, 0.3) is 89.2 Å². The van der Waals surface area contributed by atoms with Crippen LogP contribution in [0.1, 0.15) is 138 Å². The Labute approximate surface area is 813 Å². The van der Waals surface area contributed by atoms with Crippen LogP contribution in [0.5, 0.6) is 46.0 Å². The molecule has 34 heteroatoms. The van der Waals surface area contributed by atoms with E-state index in [1.54, 1.807) is 16.8 Å². The number of carbonyl (C=O) groups excluding carboxylic acids is 3. The molecule has 720 valence electrons. The zero-order valence-electron chi connectivity index (χ0n) is 74.6. The van der Waals surface area contributed by atoms with Crippen molar-refractivity contribution >= 4 is 95.1 Å². The summed E-state index contributed by atoms with van der Waals surface area (Å²) in [6.07, 6.45) is 25.8. The molecular formula is C106H116N24O9S. The molecule has 140 heavy (non-hydrogen) atoms. The van der Waals surface area contributed by atoms with Gasteiger partial charge in [0.05, 0.1) is 45.7 Å². The van der Waals surface area contributed by atoms with E-state index in [0.29, 0.717) is 83.1 Å². The number of fused-ring (bicyclic) bond motifs is 4. The van der Waals surface area contributed by atoms with Gasteiger partial charge in [-0.3, -0.25) is 14.4 Å². The average molecular weight is 1900 g/mol. The monoisotopic (exact) mass is 1900 g/mol. The number of sulfonamides is 1. The maximum atomic E-state index is 12.4. The molecule has 0 bridgehead atoms. The number of hydrogen-bond acceptors (Lipinski definition) is 25. The summed E-state index contributed by atoms with van der Waals surface area (Å²) in [4.78, 5) is 72.2. The molecule has 8 aromatic heterocycles. The van der Waals surface area contributed by atoms with E-state index in [0.717, 1.165) is 184 Å². The second-order valence-corrected chi connectivity index (χ2v) is 34.9. The number of nitrogen functional groups attached to an aromatic ring is 4. The zero-order valence-corrected chi connectivity index (χ0v) is 75.4. The normalized spacial score (nSPS) is 16.7. The molecule has 2 aliphatic heterocycles. The summed E-state index contributed by atoms with van der Waals surface area (Å²) < 4.78 is 57.4. The molecule has 8 aromatic carbocycles. The van der Waals surface area contributed by atoms with E-state index < -0.39 is 10.0 Å². The van der Waals surface area contributed by atoms with Gasteiger partial charge in [-0.05, 0) is 248 Å². The first kappa shape index (κ1) is 101. The molecule has 10 N–H and O–H groups in total. The predicted molar refractivity (Wildman–Crippen MR) is 550 cm³/mol. The van der Waals surface area contributed by atoms with Gasteiger partial charge in [0.25, 0.3) is 5.91 Å². The van der Waals surface area contributed by atoms with Gasteiger partial charge < -0.3 is 57.4 Å². The molecule has 20 rings (SSSR count). The van der Waals surface area contributed by atoms with Crippen molar-refractivity contribution in [1.82, 2.24) is 98.8 Å². The van der Waals surface area contributed by atoms with Crippen molar-refractivity contribution in [1.29, 1.82) is 0 Å². The summed E-state index contributed by atoms with van der Waals surface area (Å²) in [7, 11) is -3.51. The molecule has 33 nitrogen and oxygen atoms in total. The van der Waals surface area contributed by atoms with Crippen molar-refractivity contribution in [3.8, 4) is 103 Å². The van der Waals surface area contributed by atoms with Crippen LogP contribution in [-0.4, -0.2) is 153 Å². The minimum Gasteiger partial charge on any atom is -0.457 e.